The summed E-state index contributed by atoms with van der Waals surface area (Å²) < 4.78 is 10.6. The molecule has 8 heteroatoms. The molecule has 0 aliphatic carbocycles. The Kier molecular flexibility index (Phi) is 6.40. The van der Waals surface area contributed by atoms with Gasteiger partial charge in [0.05, 0.1) is 6.61 Å². The molecule has 158 valence electrons. The first kappa shape index (κ1) is 20.8. The number of imidazole rings is 1. The molecule has 4 rings (SSSR count). The van der Waals surface area contributed by atoms with Gasteiger partial charge in [-0.25, -0.2) is 9.97 Å². The monoisotopic (exact) mass is 434 g/mol. The van der Waals surface area contributed by atoms with E-state index in [1.165, 1.54) is 11.3 Å². The number of thiazole rings is 1. The molecule has 0 saturated heterocycles. The summed E-state index contributed by atoms with van der Waals surface area (Å²) in [6, 6.07) is 15.5. The summed E-state index contributed by atoms with van der Waals surface area (Å²) >= 11 is 1.36. The summed E-state index contributed by atoms with van der Waals surface area (Å²) in [7, 11) is 1.64. The Morgan fingerprint density at radius 2 is 1.81 bits per heavy atom. The summed E-state index contributed by atoms with van der Waals surface area (Å²) in [6.07, 6.45) is 1.65. The molecule has 4 aromatic rings. The van der Waals surface area contributed by atoms with Crippen molar-refractivity contribution in [2.75, 3.05) is 25.6 Å². The third-order valence-electron chi connectivity index (χ3n) is 4.59. The molecule has 0 aliphatic heterocycles. The van der Waals surface area contributed by atoms with Crippen molar-refractivity contribution in [2.45, 2.75) is 6.92 Å². The van der Waals surface area contributed by atoms with E-state index < -0.39 is 0 Å². The molecule has 0 aliphatic rings. The first-order valence-electron chi connectivity index (χ1n) is 9.74. The quantitative estimate of drug-likeness (QED) is 0.389. The number of aromatic amines is 1. The summed E-state index contributed by atoms with van der Waals surface area (Å²) in [5, 5.41) is 5.17. The molecular weight excluding hydrogens is 412 g/mol. The second-order valence-electron chi connectivity index (χ2n) is 6.83. The fourth-order valence-electron chi connectivity index (χ4n) is 2.99. The van der Waals surface area contributed by atoms with Crippen molar-refractivity contribution in [2.24, 2.45) is 0 Å². The smallest absolute Gasteiger partial charge is 0.276 e. The minimum Gasteiger partial charge on any atom is -0.491 e. The first-order chi connectivity index (χ1) is 15.1. The zero-order valence-electron chi connectivity index (χ0n) is 17.2. The van der Waals surface area contributed by atoms with Crippen LogP contribution in [0.1, 0.15) is 16.1 Å². The second-order valence-corrected chi connectivity index (χ2v) is 7.73. The molecule has 7 nitrogen and oxygen atoms in total. The number of H-pyrrole nitrogens is 1. The number of carbonyl (C=O) groups excluding carboxylic acids is 1. The van der Waals surface area contributed by atoms with E-state index in [9.17, 15) is 4.79 Å². The lowest BCUT2D eigenvalue weighted by Gasteiger charge is -2.05. The number of methoxy groups -OCH3 is 1. The average Bonchev–Trinajstić information content (AvgIpc) is 3.45. The fraction of sp³-hybridized carbons (Fsp3) is 0.174. The number of benzene rings is 2. The molecule has 0 fully saturated rings. The number of ether oxygens (including phenoxy) is 2. The highest BCUT2D eigenvalue weighted by Gasteiger charge is 2.20. The van der Waals surface area contributed by atoms with Crippen molar-refractivity contribution in [1.82, 2.24) is 15.0 Å². The van der Waals surface area contributed by atoms with E-state index in [0.717, 1.165) is 22.4 Å². The van der Waals surface area contributed by atoms with Crippen LogP contribution >= 0.6 is 11.3 Å². The molecule has 2 aromatic heterocycles. The van der Waals surface area contributed by atoms with Gasteiger partial charge in [0.2, 0.25) is 0 Å². The van der Waals surface area contributed by atoms with Gasteiger partial charge < -0.3 is 14.5 Å². The lowest BCUT2D eigenvalue weighted by molar-refractivity contribution is 0.102. The van der Waals surface area contributed by atoms with Crippen LogP contribution in [-0.2, 0) is 4.74 Å². The summed E-state index contributed by atoms with van der Waals surface area (Å²) in [6.45, 7) is 3.03. The van der Waals surface area contributed by atoms with Crippen LogP contribution < -0.4 is 10.1 Å². The number of rotatable bonds is 8. The maximum absolute atomic E-state index is 13.0. The predicted molar refractivity (Wildman–Crippen MR) is 122 cm³/mol. The van der Waals surface area contributed by atoms with Gasteiger partial charge in [0.1, 0.15) is 29.6 Å². The van der Waals surface area contributed by atoms with Gasteiger partial charge in [0.25, 0.3) is 5.91 Å². The third kappa shape index (κ3) is 4.99. The van der Waals surface area contributed by atoms with Gasteiger partial charge in [-0.2, -0.15) is 0 Å². The number of carbonyl (C=O) groups is 1. The molecule has 0 atom stereocenters. The topological polar surface area (TPSA) is 89.1 Å². The molecule has 0 unspecified atom stereocenters. The Morgan fingerprint density at radius 3 is 2.48 bits per heavy atom. The van der Waals surface area contributed by atoms with E-state index in [1.54, 1.807) is 13.3 Å². The predicted octanol–water partition coefficient (Wildman–Crippen LogP) is 4.79. The minimum atomic E-state index is -0.288. The Bertz CT molecular complexity index is 1140. The highest BCUT2D eigenvalue weighted by molar-refractivity contribution is 7.13. The van der Waals surface area contributed by atoms with E-state index in [2.05, 4.69) is 15.3 Å². The van der Waals surface area contributed by atoms with E-state index in [-0.39, 0.29) is 5.91 Å². The van der Waals surface area contributed by atoms with Crippen molar-refractivity contribution in [3.8, 4) is 28.4 Å². The molecule has 1 amide bonds. The second kappa shape index (κ2) is 9.55. The van der Waals surface area contributed by atoms with Crippen molar-refractivity contribution in [3.63, 3.8) is 0 Å². The number of amides is 1. The molecule has 2 heterocycles. The number of aromatic nitrogens is 3. The van der Waals surface area contributed by atoms with Crippen LogP contribution in [-0.4, -0.2) is 41.2 Å². The lowest BCUT2D eigenvalue weighted by Crippen LogP contribution is -2.13. The van der Waals surface area contributed by atoms with Crippen molar-refractivity contribution in [1.29, 1.82) is 0 Å². The van der Waals surface area contributed by atoms with Crippen LogP contribution in [0.25, 0.3) is 22.6 Å². The molecule has 0 spiro atoms. The Balaban J connectivity index is 1.65. The van der Waals surface area contributed by atoms with Gasteiger partial charge in [-0.3, -0.25) is 10.1 Å². The number of aryl methyl sites for hydroxylation is 1. The van der Waals surface area contributed by atoms with Crippen LogP contribution in [0, 0.1) is 6.92 Å². The molecule has 31 heavy (non-hydrogen) atoms. The van der Waals surface area contributed by atoms with Crippen molar-refractivity contribution < 1.29 is 14.3 Å². The summed E-state index contributed by atoms with van der Waals surface area (Å²) in [5.74, 6) is 1.06. The van der Waals surface area contributed by atoms with Crippen LogP contribution in [0.4, 0.5) is 5.13 Å². The van der Waals surface area contributed by atoms with Gasteiger partial charge in [0, 0.05) is 29.8 Å². The van der Waals surface area contributed by atoms with Gasteiger partial charge in [-0.15, -0.1) is 11.3 Å². The van der Waals surface area contributed by atoms with E-state index in [4.69, 9.17) is 14.5 Å². The number of hydrogen-bond donors (Lipinski definition) is 2. The van der Waals surface area contributed by atoms with Crippen LogP contribution in [0.3, 0.4) is 0 Å². The molecule has 2 N–H and O–H groups in total. The average molecular weight is 435 g/mol. The third-order valence-corrected chi connectivity index (χ3v) is 5.28. The molecule has 2 aromatic carbocycles. The maximum Gasteiger partial charge on any atom is 0.276 e. The number of nitrogens with zero attached hydrogens (tertiary/aromatic N) is 2. The highest BCUT2D eigenvalue weighted by Crippen LogP contribution is 2.28. The molecule has 0 saturated carbocycles. The van der Waals surface area contributed by atoms with Gasteiger partial charge in [0.15, 0.2) is 5.13 Å². The van der Waals surface area contributed by atoms with E-state index in [1.807, 2.05) is 60.8 Å². The van der Waals surface area contributed by atoms with Crippen molar-refractivity contribution in [3.05, 3.63) is 71.4 Å². The van der Waals surface area contributed by atoms with E-state index >= 15 is 0 Å². The summed E-state index contributed by atoms with van der Waals surface area (Å²) in [4.78, 5) is 25.0. The molecule has 0 radical (unpaired) electrons. The SMILES string of the molecule is COCCOc1ccc(-c2nc(-c3ccc(C)cc3)c(C(=O)Nc3nccs3)[nH]2)cc1. The van der Waals surface area contributed by atoms with Crippen LogP contribution in [0.5, 0.6) is 5.75 Å². The number of anilines is 1. The molecule has 0 bridgehead atoms. The standard InChI is InChI=1S/C23H22N4O3S/c1-15-3-5-16(6-4-15)19-20(22(28)27-23-24-11-14-31-23)26-21(25-19)17-7-9-18(10-8-17)30-13-12-29-2/h3-11,14H,12-13H2,1-2H3,(H,25,26)(H,24,27,28). The van der Waals surface area contributed by atoms with Crippen molar-refractivity contribution >= 4 is 22.4 Å². The minimum absolute atomic E-state index is 0.288. The fourth-order valence-corrected chi connectivity index (χ4v) is 3.52. The van der Waals surface area contributed by atoms with Crippen LogP contribution in [0.15, 0.2) is 60.1 Å². The van der Waals surface area contributed by atoms with Gasteiger partial charge in [-0.1, -0.05) is 29.8 Å². The summed E-state index contributed by atoms with van der Waals surface area (Å²) in [5.41, 5.74) is 3.81. The Hall–Kier alpha value is -3.49. The van der Waals surface area contributed by atoms with E-state index in [0.29, 0.717) is 35.6 Å². The van der Waals surface area contributed by atoms with Gasteiger partial charge >= 0.3 is 0 Å². The lowest BCUT2D eigenvalue weighted by atomic mass is 10.1. The van der Waals surface area contributed by atoms with Crippen LogP contribution in [0.2, 0.25) is 0 Å². The maximum atomic E-state index is 13.0. The van der Waals surface area contributed by atoms with Gasteiger partial charge in [-0.05, 0) is 31.2 Å². The highest BCUT2D eigenvalue weighted by atomic mass is 32.1. The normalized spacial score (nSPS) is 10.8. The number of hydrogen-bond acceptors (Lipinski definition) is 6. The Labute approximate surface area is 184 Å². The molecular formula is C23H22N4O3S. The largest absolute Gasteiger partial charge is 0.491 e. The first-order valence-corrected chi connectivity index (χ1v) is 10.6. The Morgan fingerprint density at radius 1 is 1.06 bits per heavy atom. The number of nitrogens with one attached hydrogen (secondary N) is 2. The zero-order valence-corrected chi connectivity index (χ0v) is 18.0. The zero-order chi connectivity index (χ0) is 21.6.